The highest BCUT2D eigenvalue weighted by atomic mass is 32.2. The van der Waals surface area contributed by atoms with Gasteiger partial charge in [0.25, 0.3) is 5.91 Å². The van der Waals surface area contributed by atoms with Gasteiger partial charge in [0.2, 0.25) is 5.91 Å². The van der Waals surface area contributed by atoms with Crippen LogP contribution in [-0.4, -0.2) is 52.9 Å². The molecular weight excluding hydrogens is 338 g/mol. The molecule has 138 valence electrons. The first kappa shape index (κ1) is 17.2. The number of nitrogens with one attached hydrogen (secondary N) is 2. The number of urea groups is 1. The minimum absolute atomic E-state index is 0.0800. The van der Waals surface area contributed by atoms with Gasteiger partial charge in [-0.3, -0.25) is 14.5 Å². The zero-order chi connectivity index (χ0) is 17.6. The van der Waals surface area contributed by atoms with E-state index >= 15 is 0 Å². The van der Waals surface area contributed by atoms with Crippen LogP contribution in [0, 0.1) is 17.8 Å². The molecule has 1 aliphatic heterocycles. The summed E-state index contributed by atoms with van der Waals surface area (Å²) in [5, 5.41) is 5.93. The van der Waals surface area contributed by atoms with E-state index in [4.69, 9.17) is 0 Å². The molecule has 1 heterocycles. The van der Waals surface area contributed by atoms with Crippen LogP contribution >= 0.6 is 11.8 Å². The van der Waals surface area contributed by atoms with Crippen LogP contribution in [0.15, 0.2) is 0 Å². The van der Waals surface area contributed by atoms with E-state index in [9.17, 15) is 14.4 Å². The van der Waals surface area contributed by atoms with Gasteiger partial charge in [-0.05, 0) is 74.7 Å². The van der Waals surface area contributed by atoms with E-state index in [-0.39, 0.29) is 23.9 Å². The molecule has 0 aromatic carbocycles. The molecule has 25 heavy (non-hydrogen) atoms. The van der Waals surface area contributed by atoms with Gasteiger partial charge in [-0.15, -0.1) is 0 Å². The van der Waals surface area contributed by atoms with E-state index < -0.39 is 12.1 Å². The average Bonchev–Trinajstić information content (AvgIpc) is 2.78. The van der Waals surface area contributed by atoms with Crippen molar-refractivity contribution >= 4 is 29.6 Å². The normalized spacial score (nSPS) is 39.0. The Kier molecular flexibility index (Phi) is 4.46. The van der Waals surface area contributed by atoms with Gasteiger partial charge in [-0.2, -0.15) is 11.8 Å². The Bertz CT molecular complexity index is 559. The highest BCUT2D eigenvalue weighted by Crippen LogP contribution is 2.55. The van der Waals surface area contributed by atoms with Gasteiger partial charge in [-0.1, -0.05) is 0 Å². The lowest BCUT2D eigenvalue weighted by atomic mass is 9.53. The summed E-state index contributed by atoms with van der Waals surface area (Å²) in [6.45, 7) is -0.151. The molecule has 1 saturated heterocycles. The van der Waals surface area contributed by atoms with Crippen molar-refractivity contribution in [3.05, 3.63) is 0 Å². The number of carbonyl (C=O) groups excluding carboxylic acids is 3. The molecule has 0 spiro atoms. The maximum atomic E-state index is 12.6. The lowest BCUT2D eigenvalue weighted by Gasteiger charge is -2.56. The Morgan fingerprint density at radius 1 is 1.20 bits per heavy atom. The monoisotopic (exact) mass is 365 g/mol. The van der Waals surface area contributed by atoms with Crippen molar-refractivity contribution in [3.63, 3.8) is 0 Å². The van der Waals surface area contributed by atoms with Crippen molar-refractivity contribution in [2.45, 2.75) is 56.5 Å². The molecule has 0 aromatic heterocycles. The Labute approximate surface area is 152 Å². The molecule has 5 fully saturated rings. The van der Waals surface area contributed by atoms with Crippen molar-refractivity contribution in [2.75, 3.05) is 18.6 Å². The molecule has 5 rings (SSSR count). The number of imide groups is 1. The Balaban J connectivity index is 1.36. The van der Waals surface area contributed by atoms with E-state index in [2.05, 4.69) is 10.6 Å². The van der Waals surface area contributed by atoms with Crippen LogP contribution < -0.4 is 10.6 Å². The summed E-state index contributed by atoms with van der Waals surface area (Å²) < 4.78 is 0. The highest BCUT2D eigenvalue weighted by molar-refractivity contribution is 7.98. The first-order valence-electron chi connectivity index (χ1n) is 9.40. The smallest absolute Gasteiger partial charge is 0.325 e. The number of carbonyl (C=O) groups is 3. The zero-order valence-electron chi connectivity index (χ0n) is 14.8. The number of amides is 4. The average molecular weight is 365 g/mol. The molecule has 0 radical (unpaired) electrons. The minimum Gasteiger partial charge on any atom is -0.349 e. The summed E-state index contributed by atoms with van der Waals surface area (Å²) in [5.74, 6) is 2.61. The van der Waals surface area contributed by atoms with Crippen LogP contribution in [0.3, 0.4) is 0 Å². The molecule has 5 aliphatic rings. The fraction of sp³-hybridized carbons (Fsp3) is 0.833. The SMILES string of the molecule is CSCC[C@@H]1NC(=O)N(CC(=O)NC23CC4CC(CC(C4)C2)C3)C1=O. The summed E-state index contributed by atoms with van der Waals surface area (Å²) >= 11 is 1.64. The molecule has 4 aliphatic carbocycles. The fourth-order valence-corrected chi connectivity index (χ4v) is 6.37. The maximum absolute atomic E-state index is 12.6. The number of nitrogens with zero attached hydrogens (tertiary/aromatic N) is 1. The summed E-state index contributed by atoms with van der Waals surface area (Å²) in [6, 6.07) is -0.913. The standard InChI is InChI=1S/C18H27N3O3S/c1-25-3-2-14-16(23)21(17(24)19-14)10-15(22)20-18-7-11-4-12(8-18)6-13(5-11)9-18/h11-14H,2-10H2,1H3,(H,19,24)(H,20,22)/t11?,12?,13?,14-,18?/m0/s1. The summed E-state index contributed by atoms with van der Waals surface area (Å²) in [6.07, 6.45) is 9.75. The van der Waals surface area contributed by atoms with Crippen LogP contribution in [0.4, 0.5) is 4.79 Å². The van der Waals surface area contributed by atoms with Crippen LogP contribution in [0.2, 0.25) is 0 Å². The second-order valence-corrected chi connectivity index (χ2v) is 9.44. The van der Waals surface area contributed by atoms with Gasteiger partial charge in [0, 0.05) is 5.54 Å². The van der Waals surface area contributed by atoms with Gasteiger partial charge in [0.15, 0.2) is 0 Å². The Morgan fingerprint density at radius 3 is 2.36 bits per heavy atom. The van der Waals surface area contributed by atoms with Crippen molar-refractivity contribution in [3.8, 4) is 0 Å². The van der Waals surface area contributed by atoms with Gasteiger partial charge in [0.05, 0.1) is 0 Å². The molecule has 2 N–H and O–H groups in total. The molecule has 1 atom stereocenters. The van der Waals surface area contributed by atoms with Crippen LogP contribution in [0.25, 0.3) is 0 Å². The summed E-state index contributed by atoms with van der Waals surface area (Å²) in [5.41, 5.74) is -0.0800. The largest absolute Gasteiger partial charge is 0.349 e. The quantitative estimate of drug-likeness (QED) is 0.703. The van der Waals surface area contributed by atoms with Gasteiger partial charge in [-0.25, -0.2) is 4.79 Å². The number of rotatable bonds is 6. The van der Waals surface area contributed by atoms with Gasteiger partial charge in [0.1, 0.15) is 12.6 Å². The summed E-state index contributed by atoms with van der Waals surface area (Å²) in [7, 11) is 0. The van der Waals surface area contributed by atoms with Crippen LogP contribution in [0.1, 0.15) is 44.9 Å². The highest BCUT2D eigenvalue weighted by Gasteiger charge is 2.51. The molecule has 4 amide bonds. The van der Waals surface area contributed by atoms with E-state index in [0.717, 1.165) is 47.7 Å². The summed E-state index contributed by atoms with van der Waals surface area (Å²) in [4.78, 5) is 38.1. The van der Waals surface area contributed by atoms with E-state index in [1.165, 1.54) is 19.3 Å². The third kappa shape index (κ3) is 3.27. The van der Waals surface area contributed by atoms with E-state index in [1.807, 2.05) is 6.26 Å². The minimum atomic E-state index is -0.479. The molecule has 0 unspecified atom stereocenters. The van der Waals surface area contributed by atoms with E-state index in [0.29, 0.717) is 6.42 Å². The zero-order valence-corrected chi connectivity index (χ0v) is 15.6. The molecule has 6 nitrogen and oxygen atoms in total. The molecule has 4 bridgehead atoms. The predicted molar refractivity (Wildman–Crippen MR) is 96.1 cm³/mol. The Hall–Kier alpha value is -1.24. The topological polar surface area (TPSA) is 78.5 Å². The second kappa shape index (κ2) is 6.49. The molecular formula is C18H27N3O3S. The molecule has 0 aromatic rings. The first-order chi connectivity index (χ1) is 12.0. The number of hydrogen-bond donors (Lipinski definition) is 2. The van der Waals surface area contributed by atoms with E-state index in [1.54, 1.807) is 11.8 Å². The van der Waals surface area contributed by atoms with Crippen molar-refractivity contribution in [1.29, 1.82) is 0 Å². The van der Waals surface area contributed by atoms with Crippen molar-refractivity contribution in [1.82, 2.24) is 15.5 Å². The van der Waals surface area contributed by atoms with Crippen LogP contribution in [0.5, 0.6) is 0 Å². The second-order valence-electron chi connectivity index (χ2n) is 8.45. The first-order valence-corrected chi connectivity index (χ1v) is 10.8. The number of hydrogen-bond acceptors (Lipinski definition) is 4. The maximum Gasteiger partial charge on any atom is 0.325 e. The Morgan fingerprint density at radius 2 is 1.80 bits per heavy atom. The third-order valence-electron chi connectivity index (χ3n) is 6.46. The number of thioether (sulfide) groups is 1. The lowest BCUT2D eigenvalue weighted by Crippen LogP contribution is -2.61. The van der Waals surface area contributed by atoms with Gasteiger partial charge >= 0.3 is 6.03 Å². The third-order valence-corrected chi connectivity index (χ3v) is 7.11. The van der Waals surface area contributed by atoms with Crippen LogP contribution in [-0.2, 0) is 9.59 Å². The lowest BCUT2D eigenvalue weighted by molar-refractivity contribution is -0.134. The van der Waals surface area contributed by atoms with Crippen molar-refractivity contribution < 1.29 is 14.4 Å². The van der Waals surface area contributed by atoms with Crippen molar-refractivity contribution in [2.24, 2.45) is 17.8 Å². The molecule has 7 heteroatoms. The fourth-order valence-electron chi connectivity index (χ4n) is 5.90. The van der Waals surface area contributed by atoms with Gasteiger partial charge < -0.3 is 10.6 Å². The molecule has 4 saturated carbocycles. The predicted octanol–water partition coefficient (Wildman–Crippen LogP) is 1.74.